The number of carbonyl (C=O) groups is 2. The molecule has 0 saturated carbocycles. The molecule has 0 aliphatic carbocycles. The lowest BCUT2D eigenvalue weighted by Gasteiger charge is -2.06. The van der Waals surface area contributed by atoms with Gasteiger partial charge in [0.15, 0.2) is 4.34 Å². The van der Waals surface area contributed by atoms with E-state index >= 15 is 0 Å². The number of hydrogen-bond donors (Lipinski definition) is 3. The van der Waals surface area contributed by atoms with Crippen molar-refractivity contribution in [2.45, 2.75) is 107 Å². The van der Waals surface area contributed by atoms with Crippen molar-refractivity contribution in [2.24, 2.45) is 0 Å². The molecule has 0 bridgehead atoms. The molecule has 0 saturated heterocycles. The number of carboxylic acid groups (broad SMARTS) is 2. The standard InChI is InChI=1S/C16H35N.C11H9NO4S2/c1-3-5-7-9-11-13-15-17-16-14-12-10-8-6-4-2;13-9(14)5-8(10(15)16)18-11-12-6-3-1-2-4-7(6)17-11/h17H,3-16H2,1-2H3;1-4,8H,5H2,(H,13,14)(H,15,16). The summed E-state index contributed by atoms with van der Waals surface area (Å²) in [6, 6.07) is 7.45. The zero-order chi connectivity index (χ0) is 25.7. The first-order chi connectivity index (χ1) is 17.0. The molecule has 0 radical (unpaired) electrons. The maximum absolute atomic E-state index is 10.9. The number of nitrogens with one attached hydrogen (secondary N) is 1. The van der Waals surface area contributed by atoms with Crippen molar-refractivity contribution in [2.75, 3.05) is 13.1 Å². The van der Waals surface area contributed by atoms with Gasteiger partial charge in [0.05, 0.1) is 16.6 Å². The lowest BCUT2D eigenvalue weighted by Crippen LogP contribution is -2.20. The molecule has 1 unspecified atom stereocenters. The van der Waals surface area contributed by atoms with E-state index < -0.39 is 23.6 Å². The number of carboxylic acids is 2. The van der Waals surface area contributed by atoms with Gasteiger partial charge < -0.3 is 15.5 Å². The van der Waals surface area contributed by atoms with Crippen LogP contribution in [0.1, 0.15) is 97.3 Å². The van der Waals surface area contributed by atoms with E-state index in [0.717, 1.165) is 22.0 Å². The van der Waals surface area contributed by atoms with Crippen molar-refractivity contribution in [1.29, 1.82) is 0 Å². The molecule has 0 aliphatic rings. The predicted octanol–water partition coefficient (Wildman–Crippen LogP) is 7.61. The van der Waals surface area contributed by atoms with Crippen LogP contribution in [-0.2, 0) is 9.59 Å². The van der Waals surface area contributed by atoms with Crippen molar-refractivity contribution in [3.05, 3.63) is 24.3 Å². The van der Waals surface area contributed by atoms with Crippen LogP contribution in [0.4, 0.5) is 0 Å². The van der Waals surface area contributed by atoms with E-state index in [-0.39, 0.29) is 0 Å². The molecule has 1 heterocycles. The lowest BCUT2D eigenvalue weighted by molar-refractivity contribution is -0.142. The molecule has 2 aromatic rings. The monoisotopic (exact) mass is 524 g/mol. The van der Waals surface area contributed by atoms with Crippen LogP contribution in [-0.4, -0.2) is 45.5 Å². The van der Waals surface area contributed by atoms with Gasteiger partial charge in [-0.3, -0.25) is 9.59 Å². The fraction of sp³-hybridized carbons (Fsp3) is 0.667. The minimum absolute atomic E-state index is 0.421. The molecule has 8 heteroatoms. The third-order valence-electron chi connectivity index (χ3n) is 5.57. The molecule has 6 nitrogen and oxygen atoms in total. The van der Waals surface area contributed by atoms with Crippen molar-refractivity contribution in [3.8, 4) is 0 Å². The molecule has 1 aromatic heterocycles. The second-order valence-corrected chi connectivity index (χ2v) is 11.3. The highest BCUT2D eigenvalue weighted by Crippen LogP contribution is 2.33. The van der Waals surface area contributed by atoms with Crippen LogP contribution < -0.4 is 5.32 Å². The Kier molecular flexibility index (Phi) is 18.4. The van der Waals surface area contributed by atoms with E-state index in [4.69, 9.17) is 10.2 Å². The van der Waals surface area contributed by atoms with Gasteiger partial charge in [-0.2, -0.15) is 0 Å². The number of hydrogen-bond acceptors (Lipinski definition) is 6. The van der Waals surface area contributed by atoms with Crippen molar-refractivity contribution < 1.29 is 19.8 Å². The zero-order valence-corrected chi connectivity index (χ0v) is 23.1. The van der Waals surface area contributed by atoms with Gasteiger partial charge in [0.2, 0.25) is 0 Å². The number of fused-ring (bicyclic) bond motifs is 1. The number of thioether (sulfide) groups is 1. The van der Waals surface area contributed by atoms with Crippen LogP contribution in [0.3, 0.4) is 0 Å². The van der Waals surface area contributed by atoms with Crippen LogP contribution >= 0.6 is 23.1 Å². The molecule has 198 valence electrons. The second kappa shape index (κ2) is 20.5. The van der Waals surface area contributed by atoms with E-state index in [9.17, 15) is 9.59 Å². The van der Waals surface area contributed by atoms with Crippen molar-refractivity contribution in [3.63, 3.8) is 0 Å². The first-order valence-corrected chi connectivity index (χ1v) is 14.8. The molecular weight excluding hydrogens is 480 g/mol. The zero-order valence-electron chi connectivity index (χ0n) is 21.5. The topological polar surface area (TPSA) is 99.5 Å². The first-order valence-electron chi connectivity index (χ1n) is 13.1. The van der Waals surface area contributed by atoms with E-state index in [2.05, 4.69) is 24.1 Å². The summed E-state index contributed by atoms with van der Waals surface area (Å²) >= 11 is 2.34. The van der Waals surface area contributed by atoms with E-state index in [0.29, 0.717) is 4.34 Å². The first kappa shape index (κ1) is 31.4. The van der Waals surface area contributed by atoms with Crippen LogP contribution in [0, 0.1) is 0 Å². The Hall–Kier alpha value is -1.64. The SMILES string of the molecule is CCCCCCCCNCCCCCCCC.O=C(O)CC(Sc1nc2ccccc2s1)C(=O)O. The summed E-state index contributed by atoms with van der Waals surface area (Å²) in [7, 11) is 0. The van der Waals surface area contributed by atoms with Gasteiger partial charge in [-0.05, 0) is 38.1 Å². The molecule has 2 rings (SSSR count). The molecule has 0 spiro atoms. The number of para-hydroxylation sites is 1. The Labute approximate surface area is 219 Å². The van der Waals surface area contributed by atoms with Crippen molar-refractivity contribution in [1.82, 2.24) is 10.3 Å². The third kappa shape index (κ3) is 15.9. The van der Waals surface area contributed by atoms with Gasteiger partial charge in [0.1, 0.15) is 5.25 Å². The summed E-state index contributed by atoms with van der Waals surface area (Å²) < 4.78 is 1.53. The number of nitrogens with zero attached hydrogens (tertiary/aromatic N) is 1. The van der Waals surface area contributed by atoms with E-state index in [1.807, 2.05) is 24.3 Å². The Morgan fingerprint density at radius 1 is 0.886 bits per heavy atom. The lowest BCUT2D eigenvalue weighted by atomic mass is 10.1. The van der Waals surface area contributed by atoms with Gasteiger partial charge in [-0.15, -0.1) is 11.3 Å². The smallest absolute Gasteiger partial charge is 0.317 e. The molecule has 0 fully saturated rings. The molecule has 0 amide bonds. The van der Waals surface area contributed by atoms with Crippen LogP contribution in [0.25, 0.3) is 10.2 Å². The quantitative estimate of drug-likeness (QED) is 0.128. The van der Waals surface area contributed by atoms with Crippen LogP contribution in [0.5, 0.6) is 0 Å². The molecule has 1 aromatic carbocycles. The highest BCUT2D eigenvalue weighted by Gasteiger charge is 2.23. The molecule has 1 atom stereocenters. The van der Waals surface area contributed by atoms with Crippen LogP contribution in [0.2, 0.25) is 0 Å². The number of aromatic nitrogens is 1. The highest BCUT2D eigenvalue weighted by molar-refractivity contribution is 8.02. The highest BCUT2D eigenvalue weighted by atomic mass is 32.2. The van der Waals surface area contributed by atoms with E-state index in [1.165, 1.54) is 101 Å². The Bertz CT molecular complexity index is 781. The summed E-state index contributed by atoms with van der Waals surface area (Å²) in [5, 5.41) is 20.2. The summed E-state index contributed by atoms with van der Waals surface area (Å²) in [4.78, 5) is 25.8. The second-order valence-electron chi connectivity index (χ2n) is 8.78. The average Bonchev–Trinajstić information content (AvgIpc) is 3.24. The van der Waals surface area contributed by atoms with Gasteiger partial charge in [-0.25, -0.2) is 4.98 Å². The molecular formula is C27H44N2O4S2. The Morgan fingerprint density at radius 3 is 1.94 bits per heavy atom. The summed E-state index contributed by atoms with van der Waals surface area (Å²) in [5.41, 5.74) is 0.796. The number of aliphatic carboxylic acids is 2. The number of benzene rings is 1. The summed E-state index contributed by atoms with van der Waals surface area (Å²) in [6.07, 6.45) is 16.5. The fourth-order valence-corrected chi connectivity index (χ4v) is 5.78. The largest absolute Gasteiger partial charge is 0.481 e. The number of thiazole rings is 1. The van der Waals surface area contributed by atoms with Gasteiger partial charge >= 0.3 is 11.9 Å². The minimum Gasteiger partial charge on any atom is -0.481 e. The molecule has 3 N–H and O–H groups in total. The number of rotatable bonds is 19. The fourth-order valence-electron chi connectivity index (χ4n) is 3.55. The predicted molar refractivity (Wildman–Crippen MR) is 149 cm³/mol. The Morgan fingerprint density at radius 2 is 1.43 bits per heavy atom. The maximum atomic E-state index is 10.9. The average molecular weight is 525 g/mol. The van der Waals surface area contributed by atoms with Crippen LogP contribution in [0.15, 0.2) is 28.6 Å². The maximum Gasteiger partial charge on any atom is 0.317 e. The van der Waals surface area contributed by atoms with Gasteiger partial charge in [-0.1, -0.05) is 102 Å². The van der Waals surface area contributed by atoms with E-state index in [1.54, 1.807) is 0 Å². The summed E-state index contributed by atoms with van der Waals surface area (Å²) in [6.45, 7) is 7.03. The van der Waals surface area contributed by atoms with Gasteiger partial charge in [0, 0.05) is 0 Å². The Balaban J connectivity index is 0.000000351. The van der Waals surface area contributed by atoms with Gasteiger partial charge in [0.25, 0.3) is 0 Å². The normalized spacial score (nSPS) is 11.7. The van der Waals surface area contributed by atoms with Crippen molar-refractivity contribution >= 4 is 45.3 Å². The summed E-state index contributed by atoms with van der Waals surface area (Å²) in [5.74, 6) is -2.27. The number of unbranched alkanes of at least 4 members (excludes halogenated alkanes) is 10. The third-order valence-corrected chi connectivity index (χ3v) is 7.88. The molecule has 0 aliphatic heterocycles. The molecule has 35 heavy (non-hydrogen) atoms. The minimum atomic E-state index is -1.14.